The topological polar surface area (TPSA) is 20.2 Å². The summed E-state index contributed by atoms with van der Waals surface area (Å²) in [7, 11) is 0. The number of aliphatic hydroxyl groups excluding tert-OH is 1. The van der Waals surface area contributed by atoms with E-state index in [0.29, 0.717) is 0 Å². The Labute approximate surface area is 69.1 Å². The molecule has 0 bridgehead atoms. The zero-order valence-corrected chi connectivity index (χ0v) is 7.72. The van der Waals surface area contributed by atoms with Gasteiger partial charge in [-0.25, -0.2) is 0 Å². The van der Waals surface area contributed by atoms with Crippen LogP contribution in [0.25, 0.3) is 0 Å². The van der Waals surface area contributed by atoms with Gasteiger partial charge >= 0.3 is 0 Å². The Hall–Kier alpha value is -0.300. The maximum absolute atomic E-state index is 9.37. The van der Waals surface area contributed by atoms with Crippen molar-refractivity contribution in [2.45, 2.75) is 46.1 Å². The van der Waals surface area contributed by atoms with Crippen LogP contribution in [0.1, 0.15) is 40.0 Å². The third kappa shape index (κ3) is 2.33. The molecule has 1 N–H and O–H groups in total. The average Bonchev–Trinajstić information content (AvgIpc) is 1.86. The lowest BCUT2D eigenvalue weighted by molar-refractivity contribution is 0.197. The first-order valence-electron chi connectivity index (χ1n) is 4.39. The Morgan fingerprint density at radius 2 is 2.09 bits per heavy atom. The van der Waals surface area contributed by atoms with Crippen molar-refractivity contribution in [3.63, 3.8) is 0 Å². The van der Waals surface area contributed by atoms with Gasteiger partial charge in [0.15, 0.2) is 0 Å². The molecule has 0 aromatic rings. The van der Waals surface area contributed by atoms with Crippen molar-refractivity contribution in [2.24, 2.45) is 5.41 Å². The predicted molar refractivity (Wildman–Crippen MR) is 47.4 cm³/mol. The van der Waals surface area contributed by atoms with Crippen molar-refractivity contribution in [1.82, 2.24) is 0 Å². The van der Waals surface area contributed by atoms with Crippen molar-refractivity contribution in [3.8, 4) is 0 Å². The van der Waals surface area contributed by atoms with Gasteiger partial charge < -0.3 is 5.11 Å². The summed E-state index contributed by atoms with van der Waals surface area (Å²) >= 11 is 0. The lowest BCUT2D eigenvalue weighted by atomic mass is 9.80. The Balaban J connectivity index is 2.71. The maximum atomic E-state index is 9.37. The number of hydrogen-bond acceptors (Lipinski definition) is 1. The van der Waals surface area contributed by atoms with E-state index in [1.165, 1.54) is 12.0 Å². The van der Waals surface area contributed by atoms with Gasteiger partial charge in [-0.2, -0.15) is 0 Å². The minimum Gasteiger partial charge on any atom is -0.389 e. The van der Waals surface area contributed by atoms with Gasteiger partial charge in [-0.3, -0.25) is 0 Å². The summed E-state index contributed by atoms with van der Waals surface area (Å²) in [6.07, 6.45) is 5.10. The van der Waals surface area contributed by atoms with Gasteiger partial charge in [-0.05, 0) is 24.7 Å². The fourth-order valence-electron chi connectivity index (χ4n) is 1.53. The molecule has 0 spiro atoms. The number of aliphatic hydroxyl groups is 1. The third-order valence-corrected chi connectivity index (χ3v) is 2.30. The fourth-order valence-corrected chi connectivity index (χ4v) is 1.53. The predicted octanol–water partition coefficient (Wildman–Crippen LogP) is 2.50. The van der Waals surface area contributed by atoms with Crippen LogP contribution in [0.3, 0.4) is 0 Å². The van der Waals surface area contributed by atoms with Crippen LogP contribution in [0.4, 0.5) is 0 Å². The number of allylic oxidation sites excluding steroid dienone is 1. The minimum atomic E-state index is -0.182. The quantitative estimate of drug-likeness (QED) is 0.531. The second-order valence-corrected chi connectivity index (χ2v) is 4.40. The highest BCUT2D eigenvalue weighted by molar-refractivity contribution is 5.15. The summed E-state index contributed by atoms with van der Waals surface area (Å²) in [5.41, 5.74) is 1.66. The zero-order chi connectivity index (χ0) is 8.48. The SMILES string of the molecule is CC(C)(C)C1=C[C@H](O)CCC1. The molecule has 0 aliphatic heterocycles. The van der Waals surface area contributed by atoms with Gasteiger partial charge in [0, 0.05) is 0 Å². The van der Waals surface area contributed by atoms with E-state index in [1.54, 1.807) is 0 Å². The summed E-state index contributed by atoms with van der Waals surface area (Å²) in [4.78, 5) is 0. The first kappa shape index (κ1) is 8.79. The second kappa shape index (κ2) is 2.98. The highest BCUT2D eigenvalue weighted by atomic mass is 16.3. The van der Waals surface area contributed by atoms with Crippen LogP contribution in [0.15, 0.2) is 11.6 Å². The van der Waals surface area contributed by atoms with Gasteiger partial charge in [0.2, 0.25) is 0 Å². The zero-order valence-electron chi connectivity index (χ0n) is 7.72. The van der Waals surface area contributed by atoms with Crippen LogP contribution in [-0.2, 0) is 0 Å². The highest BCUT2D eigenvalue weighted by Crippen LogP contribution is 2.32. The lowest BCUT2D eigenvalue weighted by Crippen LogP contribution is -2.17. The maximum Gasteiger partial charge on any atom is 0.0723 e. The molecule has 1 aliphatic rings. The van der Waals surface area contributed by atoms with Gasteiger partial charge in [0.1, 0.15) is 0 Å². The summed E-state index contributed by atoms with van der Waals surface area (Å²) in [5, 5.41) is 9.37. The Bertz CT molecular complexity index is 162. The molecular formula is C10H18O. The molecule has 64 valence electrons. The summed E-state index contributed by atoms with van der Waals surface area (Å²) in [6.45, 7) is 6.62. The Morgan fingerprint density at radius 3 is 2.45 bits per heavy atom. The molecule has 1 heteroatoms. The van der Waals surface area contributed by atoms with Crippen LogP contribution >= 0.6 is 0 Å². The molecule has 1 atom stereocenters. The molecule has 0 fully saturated rings. The van der Waals surface area contributed by atoms with Gasteiger partial charge in [-0.1, -0.05) is 32.4 Å². The van der Waals surface area contributed by atoms with E-state index >= 15 is 0 Å². The molecule has 0 heterocycles. The van der Waals surface area contributed by atoms with Crippen molar-refractivity contribution < 1.29 is 5.11 Å². The third-order valence-electron chi connectivity index (χ3n) is 2.30. The minimum absolute atomic E-state index is 0.182. The van der Waals surface area contributed by atoms with Gasteiger partial charge in [-0.15, -0.1) is 0 Å². The molecule has 1 rings (SSSR count). The van der Waals surface area contributed by atoms with Crippen LogP contribution in [0.2, 0.25) is 0 Å². The molecular weight excluding hydrogens is 136 g/mol. The molecule has 11 heavy (non-hydrogen) atoms. The van der Waals surface area contributed by atoms with Crippen LogP contribution in [0, 0.1) is 5.41 Å². The van der Waals surface area contributed by atoms with Gasteiger partial charge in [0.05, 0.1) is 6.10 Å². The molecule has 0 radical (unpaired) electrons. The summed E-state index contributed by atoms with van der Waals surface area (Å²) in [5.74, 6) is 0. The number of hydrogen-bond donors (Lipinski definition) is 1. The first-order chi connectivity index (χ1) is 5.00. The lowest BCUT2D eigenvalue weighted by Gasteiger charge is -2.27. The molecule has 0 aromatic heterocycles. The molecule has 0 amide bonds. The van der Waals surface area contributed by atoms with Crippen LogP contribution < -0.4 is 0 Å². The van der Waals surface area contributed by atoms with E-state index < -0.39 is 0 Å². The van der Waals surface area contributed by atoms with Crippen LogP contribution in [0.5, 0.6) is 0 Å². The summed E-state index contributed by atoms with van der Waals surface area (Å²) < 4.78 is 0. The molecule has 0 saturated carbocycles. The molecule has 1 aliphatic carbocycles. The van der Waals surface area contributed by atoms with Crippen LogP contribution in [-0.4, -0.2) is 11.2 Å². The molecule has 0 unspecified atom stereocenters. The first-order valence-corrected chi connectivity index (χ1v) is 4.39. The average molecular weight is 154 g/mol. The smallest absolute Gasteiger partial charge is 0.0723 e. The van der Waals surface area contributed by atoms with Crippen molar-refractivity contribution >= 4 is 0 Å². The van der Waals surface area contributed by atoms with Crippen molar-refractivity contribution in [1.29, 1.82) is 0 Å². The van der Waals surface area contributed by atoms with E-state index in [4.69, 9.17) is 0 Å². The fraction of sp³-hybridized carbons (Fsp3) is 0.800. The van der Waals surface area contributed by atoms with E-state index in [2.05, 4.69) is 20.8 Å². The second-order valence-electron chi connectivity index (χ2n) is 4.40. The largest absolute Gasteiger partial charge is 0.389 e. The van der Waals surface area contributed by atoms with Crippen molar-refractivity contribution in [3.05, 3.63) is 11.6 Å². The van der Waals surface area contributed by atoms with E-state index in [0.717, 1.165) is 12.8 Å². The molecule has 0 saturated heterocycles. The molecule has 0 aromatic carbocycles. The highest BCUT2D eigenvalue weighted by Gasteiger charge is 2.20. The number of rotatable bonds is 0. The van der Waals surface area contributed by atoms with Gasteiger partial charge in [0.25, 0.3) is 0 Å². The normalized spacial score (nSPS) is 26.5. The monoisotopic (exact) mass is 154 g/mol. The van der Waals surface area contributed by atoms with Crippen molar-refractivity contribution in [2.75, 3.05) is 0 Å². The Morgan fingerprint density at radius 1 is 1.45 bits per heavy atom. The van der Waals surface area contributed by atoms with E-state index in [-0.39, 0.29) is 11.5 Å². The molecule has 1 nitrogen and oxygen atoms in total. The summed E-state index contributed by atoms with van der Waals surface area (Å²) in [6, 6.07) is 0. The standard InChI is InChI=1S/C10H18O/c1-10(2,3)8-5-4-6-9(11)7-8/h7,9,11H,4-6H2,1-3H3/t9-/m1/s1. The van der Waals surface area contributed by atoms with E-state index in [9.17, 15) is 5.11 Å². The van der Waals surface area contributed by atoms with E-state index in [1.807, 2.05) is 6.08 Å². The Kier molecular flexibility index (Phi) is 2.38.